The van der Waals surface area contributed by atoms with Gasteiger partial charge in [0.1, 0.15) is 0 Å². The van der Waals surface area contributed by atoms with Crippen LogP contribution >= 0.6 is 0 Å². The van der Waals surface area contributed by atoms with Crippen LogP contribution in [0, 0.1) is 23.2 Å². The fourth-order valence-corrected chi connectivity index (χ4v) is 4.77. The minimum absolute atomic E-state index is 0.547. The molecule has 16 heavy (non-hydrogen) atoms. The smallest absolute Gasteiger partial charge is 0.0124 e. The Morgan fingerprint density at radius 1 is 1.00 bits per heavy atom. The van der Waals surface area contributed by atoms with Gasteiger partial charge in [0.2, 0.25) is 0 Å². The largest absolute Gasteiger partial charge is 0.327 e. The van der Waals surface area contributed by atoms with Crippen molar-refractivity contribution in [1.82, 2.24) is 0 Å². The molecule has 4 saturated carbocycles. The highest BCUT2D eigenvalue weighted by Gasteiger charge is 2.54. The predicted molar refractivity (Wildman–Crippen MR) is 70.2 cm³/mol. The molecule has 0 aromatic carbocycles. The highest BCUT2D eigenvalue weighted by atomic mass is 14.8. The van der Waals surface area contributed by atoms with Gasteiger partial charge in [-0.25, -0.2) is 0 Å². The summed E-state index contributed by atoms with van der Waals surface area (Å²) in [5.41, 5.74) is 6.99. The molecule has 0 aliphatic heterocycles. The molecule has 4 rings (SSSR count). The van der Waals surface area contributed by atoms with Crippen LogP contribution < -0.4 is 5.73 Å². The fourth-order valence-electron chi connectivity index (χ4n) is 4.77. The van der Waals surface area contributed by atoms with E-state index in [-0.39, 0.29) is 0 Å². The third kappa shape index (κ3) is 1.92. The zero-order valence-corrected chi connectivity index (χ0v) is 11.3. The van der Waals surface area contributed by atoms with E-state index in [0.717, 1.165) is 17.8 Å². The molecule has 0 radical (unpaired) electrons. The Labute approximate surface area is 101 Å². The quantitative estimate of drug-likeness (QED) is 0.715. The molecular formula is C15H29N. The molecule has 94 valence electrons. The average Bonchev–Trinajstić information content (AvgIpc) is 2.25. The Morgan fingerprint density at radius 3 is 1.94 bits per heavy atom. The maximum atomic E-state index is 6.41. The first kappa shape index (κ1) is 12.4. The van der Waals surface area contributed by atoms with Crippen LogP contribution in [0.15, 0.2) is 0 Å². The van der Waals surface area contributed by atoms with Crippen molar-refractivity contribution < 1.29 is 0 Å². The lowest BCUT2D eigenvalue weighted by atomic mass is 9.47. The first-order chi connectivity index (χ1) is 7.65. The number of rotatable bonds is 1. The van der Waals surface area contributed by atoms with Crippen LogP contribution in [0.4, 0.5) is 0 Å². The summed E-state index contributed by atoms with van der Waals surface area (Å²) >= 11 is 0. The molecule has 4 aliphatic rings. The van der Waals surface area contributed by atoms with Gasteiger partial charge in [-0.05, 0) is 61.7 Å². The molecule has 3 unspecified atom stereocenters. The van der Waals surface area contributed by atoms with Crippen molar-refractivity contribution in [3.8, 4) is 0 Å². The Morgan fingerprint density at radius 2 is 1.50 bits per heavy atom. The van der Waals surface area contributed by atoms with Gasteiger partial charge in [-0.3, -0.25) is 0 Å². The van der Waals surface area contributed by atoms with E-state index < -0.39 is 0 Å². The van der Waals surface area contributed by atoms with Gasteiger partial charge in [-0.1, -0.05) is 27.2 Å². The van der Waals surface area contributed by atoms with Crippen LogP contribution in [0.2, 0.25) is 0 Å². The van der Waals surface area contributed by atoms with Crippen molar-refractivity contribution in [3.05, 3.63) is 0 Å². The van der Waals surface area contributed by atoms with Crippen molar-refractivity contribution in [3.63, 3.8) is 0 Å². The van der Waals surface area contributed by atoms with Gasteiger partial charge < -0.3 is 5.73 Å². The molecule has 0 aromatic rings. The summed E-state index contributed by atoms with van der Waals surface area (Å²) in [6, 6.07) is 0.547. The minimum Gasteiger partial charge on any atom is -0.327 e. The first-order valence-electron chi connectivity index (χ1n) is 7.40. The molecular weight excluding hydrogens is 194 g/mol. The van der Waals surface area contributed by atoms with Gasteiger partial charge in [-0.2, -0.15) is 0 Å². The molecule has 4 aliphatic carbocycles. The molecule has 4 fully saturated rings. The molecule has 3 atom stereocenters. The summed E-state index contributed by atoms with van der Waals surface area (Å²) in [5.74, 6) is 3.00. The van der Waals surface area contributed by atoms with Gasteiger partial charge >= 0.3 is 0 Å². The zero-order valence-electron chi connectivity index (χ0n) is 11.3. The minimum atomic E-state index is 0.547. The summed E-state index contributed by atoms with van der Waals surface area (Å²) < 4.78 is 0. The second kappa shape index (κ2) is 4.68. The van der Waals surface area contributed by atoms with E-state index in [4.69, 9.17) is 5.73 Å². The molecule has 1 heteroatoms. The predicted octanol–water partition coefficient (Wildman–Crippen LogP) is 3.97. The third-order valence-electron chi connectivity index (χ3n) is 5.25. The molecule has 4 bridgehead atoms. The molecule has 2 N–H and O–H groups in total. The molecule has 0 spiro atoms. The average molecular weight is 223 g/mol. The van der Waals surface area contributed by atoms with Gasteiger partial charge in [0.25, 0.3) is 0 Å². The van der Waals surface area contributed by atoms with Gasteiger partial charge in [-0.15, -0.1) is 0 Å². The second-order valence-electron chi connectivity index (χ2n) is 6.56. The summed E-state index contributed by atoms with van der Waals surface area (Å²) in [6.07, 6.45) is 9.94. The third-order valence-corrected chi connectivity index (χ3v) is 5.25. The SMILES string of the molecule is CCC.CCC12CC3CC(CC(C3)C1N)C2. The van der Waals surface area contributed by atoms with E-state index >= 15 is 0 Å². The van der Waals surface area contributed by atoms with Gasteiger partial charge in [0.15, 0.2) is 0 Å². The van der Waals surface area contributed by atoms with Crippen LogP contribution in [0.5, 0.6) is 0 Å². The van der Waals surface area contributed by atoms with E-state index in [1.165, 1.54) is 44.9 Å². The van der Waals surface area contributed by atoms with Gasteiger partial charge in [0.05, 0.1) is 0 Å². The Bertz CT molecular complexity index is 222. The Kier molecular flexibility index (Phi) is 3.63. The van der Waals surface area contributed by atoms with E-state index in [2.05, 4.69) is 20.8 Å². The van der Waals surface area contributed by atoms with Crippen molar-refractivity contribution in [2.45, 2.75) is 71.8 Å². The maximum Gasteiger partial charge on any atom is 0.0124 e. The van der Waals surface area contributed by atoms with Crippen molar-refractivity contribution in [1.29, 1.82) is 0 Å². The highest BCUT2D eigenvalue weighted by Crippen LogP contribution is 2.60. The van der Waals surface area contributed by atoms with Crippen molar-refractivity contribution in [2.24, 2.45) is 28.9 Å². The Balaban J connectivity index is 0.000000292. The normalized spacial score (nSPS) is 48.8. The Hall–Kier alpha value is -0.0400. The van der Waals surface area contributed by atoms with Crippen LogP contribution in [0.25, 0.3) is 0 Å². The summed E-state index contributed by atoms with van der Waals surface area (Å²) in [4.78, 5) is 0. The van der Waals surface area contributed by atoms with Crippen LogP contribution in [0.3, 0.4) is 0 Å². The fraction of sp³-hybridized carbons (Fsp3) is 1.00. The molecule has 0 heterocycles. The van der Waals surface area contributed by atoms with Crippen molar-refractivity contribution >= 4 is 0 Å². The molecule has 0 aromatic heterocycles. The first-order valence-corrected chi connectivity index (χ1v) is 7.40. The summed E-state index contributed by atoms with van der Waals surface area (Å²) in [5, 5.41) is 0. The number of nitrogens with two attached hydrogens (primary N) is 1. The topological polar surface area (TPSA) is 26.0 Å². The van der Waals surface area contributed by atoms with E-state index in [9.17, 15) is 0 Å². The second-order valence-corrected chi connectivity index (χ2v) is 6.56. The lowest BCUT2D eigenvalue weighted by Gasteiger charge is -2.60. The zero-order chi connectivity index (χ0) is 11.8. The van der Waals surface area contributed by atoms with Crippen molar-refractivity contribution in [2.75, 3.05) is 0 Å². The number of hydrogen-bond donors (Lipinski definition) is 1. The molecule has 1 nitrogen and oxygen atoms in total. The summed E-state index contributed by atoms with van der Waals surface area (Å²) in [6.45, 7) is 6.60. The monoisotopic (exact) mass is 223 g/mol. The van der Waals surface area contributed by atoms with Gasteiger partial charge in [0, 0.05) is 6.04 Å². The maximum absolute atomic E-state index is 6.41. The lowest BCUT2D eigenvalue weighted by Crippen LogP contribution is -2.59. The van der Waals surface area contributed by atoms with Crippen LogP contribution in [-0.2, 0) is 0 Å². The van der Waals surface area contributed by atoms with E-state index in [1.807, 2.05) is 0 Å². The molecule has 0 saturated heterocycles. The molecule has 0 amide bonds. The number of hydrogen-bond acceptors (Lipinski definition) is 1. The standard InChI is InChI=1S/C12H21N.C3H8/c1-2-12-6-8-3-9(7-12)5-10(4-8)11(12)13;1-3-2/h8-11H,2-7,13H2,1H3;3H2,1-2H3. The lowest BCUT2D eigenvalue weighted by molar-refractivity contribution is -0.0737. The van der Waals surface area contributed by atoms with Crippen LogP contribution in [-0.4, -0.2) is 6.04 Å². The highest BCUT2D eigenvalue weighted by molar-refractivity contribution is 5.07. The summed E-state index contributed by atoms with van der Waals surface area (Å²) in [7, 11) is 0. The van der Waals surface area contributed by atoms with E-state index in [0.29, 0.717) is 11.5 Å². The van der Waals surface area contributed by atoms with Crippen LogP contribution in [0.1, 0.15) is 65.7 Å². The van der Waals surface area contributed by atoms with E-state index in [1.54, 1.807) is 0 Å².